The molecule has 66 valence electrons. The molecule has 11 heteroatoms. The van der Waals surface area contributed by atoms with Crippen LogP contribution in [0.15, 0.2) is 0 Å². The molecule has 0 aromatic rings. The Balaban J connectivity index is -0.0000000383. The molecule has 0 aromatic heterocycles. The first-order valence-corrected chi connectivity index (χ1v) is 3.12. The Morgan fingerprint density at radius 3 is 1.00 bits per heavy atom. The Hall–Kier alpha value is 0.638. The van der Waals surface area contributed by atoms with E-state index in [1.54, 1.807) is 0 Å². The van der Waals surface area contributed by atoms with Crippen LogP contribution in [0.25, 0.3) is 0 Å². The summed E-state index contributed by atoms with van der Waals surface area (Å²) in [6.45, 7) is 0. The quantitative estimate of drug-likeness (QED) is 0.187. The van der Waals surface area contributed by atoms with Crippen LogP contribution in [-0.2, 0) is 24.0 Å². The predicted molar refractivity (Wildman–Crippen MR) is 30.3 cm³/mol. The molecule has 0 rings (SSSR count). The molecule has 0 aliphatic rings. The zero-order chi connectivity index (χ0) is 8.08. The van der Waals surface area contributed by atoms with E-state index in [2.05, 4.69) is 0 Å². The van der Waals surface area contributed by atoms with E-state index in [0.29, 0.717) is 0 Å². The molecule has 8 nitrogen and oxygen atoms in total. The van der Waals surface area contributed by atoms with Crippen molar-refractivity contribution in [3.8, 4) is 0 Å². The largest absolute Gasteiger partial charge is 0.631 e. The number of rotatable bonds is 0. The average molecular weight is 243 g/mol. The van der Waals surface area contributed by atoms with Crippen LogP contribution >= 0.6 is 7.82 Å². The molecule has 11 heavy (non-hydrogen) atoms. The molecule has 8 N–H and O–H groups in total. The summed E-state index contributed by atoms with van der Waals surface area (Å²) in [5, 5.41) is 21.5. The van der Waals surface area contributed by atoms with Crippen molar-refractivity contribution in [3.63, 3.8) is 0 Å². The first-order valence-electron chi connectivity index (χ1n) is 1.56. The van der Waals surface area contributed by atoms with Crippen LogP contribution in [-0.4, -0.2) is 42.5 Å². The summed E-state index contributed by atoms with van der Waals surface area (Å²) in [6.07, 6.45) is 0. The Morgan fingerprint density at radius 2 is 1.00 bits per heavy atom. The van der Waals surface area contributed by atoms with Gasteiger partial charge in [-0.25, -0.2) is 4.57 Å². The van der Waals surface area contributed by atoms with E-state index in [0.717, 1.165) is 0 Å². The summed E-state index contributed by atoms with van der Waals surface area (Å²) in [6, 6.07) is 0. The molecule has 0 spiro atoms. The van der Waals surface area contributed by atoms with Gasteiger partial charge in [-0.3, -0.25) is 0 Å². The van der Waals surface area contributed by atoms with E-state index in [-0.39, 0.29) is 25.0 Å². The minimum Gasteiger partial charge on any atom is -0.412 e. The van der Waals surface area contributed by atoms with E-state index in [4.69, 9.17) is 34.3 Å². The third-order valence-corrected chi connectivity index (χ3v) is 0. The summed E-state index contributed by atoms with van der Waals surface area (Å²) in [4.78, 5) is 21.6. The molecular formula is H8BO8PZn. The van der Waals surface area contributed by atoms with E-state index < -0.39 is 15.1 Å². The first-order chi connectivity index (χ1) is 3.73. The van der Waals surface area contributed by atoms with Crippen molar-refractivity contribution in [2.75, 3.05) is 0 Å². The Morgan fingerprint density at radius 1 is 1.00 bits per heavy atom. The molecule has 0 amide bonds. The van der Waals surface area contributed by atoms with E-state index in [1.807, 2.05) is 0 Å². The number of hydrogen-bond acceptors (Lipinski definition) is 4. The molecule has 0 saturated heterocycles. The normalized spacial score (nSPS) is 7.82. The molecule has 0 aromatic carbocycles. The zero-order valence-corrected chi connectivity index (χ0v) is 9.18. The van der Waals surface area contributed by atoms with Crippen LogP contribution in [0.5, 0.6) is 0 Å². The van der Waals surface area contributed by atoms with Gasteiger partial charge in [0.1, 0.15) is 0 Å². The van der Waals surface area contributed by atoms with Gasteiger partial charge in [0.05, 0.1) is 0 Å². The second-order valence-corrected chi connectivity index (χ2v) is 1.89. The van der Waals surface area contributed by atoms with Gasteiger partial charge in [-0.1, -0.05) is 0 Å². The van der Waals surface area contributed by atoms with Gasteiger partial charge in [-0.05, 0) is 0 Å². The first kappa shape index (κ1) is 22.6. The van der Waals surface area contributed by atoms with Crippen LogP contribution in [0.2, 0.25) is 0 Å². The SMILES string of the molecule is O.O=P(O)(O)O.OB(O)O.[Zn]. The standard InChI is InChI=1S/BH3O3.H3O4P.H2O.Zn/c2-1(3)4;1-5(2,3)4;;/h2-4H;(H3,1,2,3,4);1H2;. The molecule has 0 aliphatic heterocycles. The topological polar surface area (TPSA) is 170 Å². The van der Waals surface area contributed by atoms with Crippen molar-refractivity contribution in [2.24, 2.45) is 0 Å². The molecule has 0 saturated carbocycles. The van der Waals surface area contributed by atoms with Crippen molar-refractivity contribution in [2.45, 2.75) is 0 Å². The molecule has 0 bridgehead atoms. The van der Waals surface area contributed by atoms with Gasteiger partial charge in [-0.15, -0.1) is 0 Å². The van der Waals surface area contributed by atoms with Crippen molar-refractivity contribution in [1.29, 1.82) is 0 Å². The molecule has 0 radical (unpaired) electrons. The fourth-order valence-electron chi connectivity index (χ4n) is 0. The fraction of sp³-hybridized carbons (Fsp3) is 0. The fourth-order valence-corrected chi connectivity index (χ4v) is 0. The summed E-state index contributed by atoms with van der Waals surface area (Å²) in [5.41, 5.74) is 0. The molecule has 0 unspecified atom stereocenters. The molecule has 0 aliphatic carbocycles. The molecule has 0 fully saturated rings. The van der Waals surface area contributed by atoms with E-state index >= 15 is 0 Å². The van der Waals surface area contributed by atoms with Gasteiger partial charge < -0.3 is 35.2 Å². The van der Waals surface area contributed by atoms with Crippen LogP contribution in [0.1, 0.15) is 0 Å². The van der Waals surface area contributed by atoms with E-state index in [1.165, 1.54) is 0 Å². The zero-order valence-electron chi connectivity index (χ0n) is 5.32. The van der Waals surface area contributed by atoms with Crippen molar-refractivity contribution < 1.29 is 59.3 Å². The van der Waals surface area contributed by atoms with Gasteiger partial charge in [0, 0.05) is 19.5 Å². The summed E-state index contributed by atoms with van der Waals surface area (Å²) < 4.78 is 8.88. The second kappa shape index (κ2) is 10.6. The van der Waals surface area contributed by atoms with Crippen LogP contribution in [0, 0.1) is 0 Å². The summed E-state index contributed by atoms with van der Waals surface area (Å²) in [5.74, 6) is 0. The van der Waals surface area contributed by atoms with Crippen LogP contribution < -0.4 is 0 Å². The number of phosphoric acid groups is 1. The monoisotopic (exact) mass is 242 g/mol. The van der Waals surface area contributed by atoms with Gasteiger partial charge in [0.25, 0.3) is 0 Å². The van der Waals surface area contributed by atoms with Gasteiger partial charge in [0.15, 0.2) is 0 Å². The minimum atomic E-state index is -4.64. The van der Waals surface area contributed by atoms with Crippen molar-refractivity contribution in [3.05, 3.63) is 0 Å². The van der Waals surface area contributed by atoms with Crippen LogP contribution in [0.4, 0.5) is 0 Å². The third-order valence-electron chi connectivity index (χ3n) is 0. The van der Waals surface area contributed by atoms with Crippen LogP contribution in [0.3, 0.4) is 0 Å². The Kier molecular flexibility index (Phi) is 21.8. The molecular weight excluding hydrogens is 235 g/mol. The Bertz CT molecular complexity index is 85.2. The predicted octanol–water partition coefficient (Wildman–Crippen LogP) is -3.81. The van der Waals surface area contributed by atoms with Crippen molar-refractivity contribution >= 4 is 15.1 Å². The average Bonchev–Trinajstić information content (AvgIpc) is 1.19. The minimum absolute atomic E-state index is 0. The molecule has 0 heterocycles. The van der Waals surface area contributed by atoms with Gasteiger partial charge in [-0.2, -0.15) is 0 Å². The second-order valence-electron chi connectivity index (χ2n) is 0.860. The van der Waals surface area contributed by atoms with Gasteiger partial charge >= 0.3 is 15.1 Å². The molecule has 0 atom stereocenters. The maximum absolute atomic E-state index is 8.88. The maximum Gasteiger partial charge on any atom is 0.631 e. The van der Waals surface area contributed by atoms with Gasteiger partial charge in [0.2, 0.25) is 0 Å². The Labute approximate surface area is 75.0 Å². The smallest absolute Gasteiger partial charge is 0.412 e. The summed E-state index contributed by atoms with van der Waals surface area (Å²) in [7, 11) is -6.81. The third kappa shape index (κ3) is 1950. The summed E-state index contributed by atoms with van der Waals surface area (Å²) >= 11 is 0. The van der Waals surface area contributed by atoms with E-state index in [9.17, 15) is 0 Å². The number of hydrogen-bond donors (Lipinski definition) is 6. The maximum atomic E-state index is 8.88. The van der Waals surface area contributed by atoms with Crippen molar-refractivity contribution in [1.82, 2.24) is 0 Å².